The quantitative estimate of drug-likeness (QED) is 0.181. The third kappa shape index (κ3) is 3.50. The van der Waals surface area contributed by atoms with E-state index in [0.29, 0.717) is 0 Å². The van der Waals surface area contributed by atoms with Crippen molar-refractivity contribution in [3.63, 3.8) is 0 Å². The van der Waals surface area contributed by atoms with Crippen molar-refractivity contribution in [2.24, 2.45) is 0 Å². The van der Waals surface area contributed by atoms with Gasteiger partial charge in [-0.05, 0) is 48.5 Å². The molecule has 4 nitrogen and oxygen atoms in total. The van der Waals surface area contributed by atoms with Crippen LogP contribution in [0.3, 0.4) is 0 Å². The Bertz CT molecular complexity index is 3460. The number of para-hydroxylation sites is 6. The van der Waals surface area contributed by atoms with Gasteiger partial charge < -0.3 is 18.0 Å². The molecule has 0 aliphatic carbocycles. The summed E-state index contributed by atoms with van der Waals surface area (Å²) < 4.78 is 20.6. The van der Waals surface area contributed by atoms with Crippen molar-refractivity contribution < 1.29 is 8.83 Å². The lowest BCUT2D eigenvalue weighted by molar-refractivity contribution is 0.666. The predicted octanol–water partition coefficient (Wildman–Crippen LogP) is 14.0. The first-order chi connectivity index (χ1) is 26.3. The highest BCUT2D eigenvalue weighted by molar-refractivity contribution is 7.27. The van der Waals surface area contributed by atoms with Crippen LogP contribution in [0.4, 0.5) is 0 Å². The zero-order valence-corrected chi connectivity index (χ0v) is 28.9. The minimum atomic E-state index is 0.904. The molecule has 13 aromatic rings. The van der Waals surface area contributed by atoms with Gasteiger partial charge in [0.05, 0.1) is 33.4 Å². The molecule has 0 saturated heterocycles. The third-order valence-electron chi connectivity index (χ3n) is 11.3. The van der Waals surface area contributed by atoms with Crippen molar-refractivity contribution >= 4 is 119 Å². The van der Waals surface area contributed by atoms with Gasteiger partial charge in [0.1, 0.15) is 11.2 Å². The molecule has 0 unspecified atom stereocenters. The van der Waals surface area contributed by atoms with E-state index in [1.807, 2.05) is 23.5 Å². The van der Waals surface area contributed by atoms with Gasteiger partial charge in [0.2, 0.25) is 0 Å². The average Bonchev–Trinajstić information content (AvgIpc) is 4.01. The van der Waals surface area contributed by atoms with Crippen LogP contribution in [-0.4, -0.2) is 9.13 Å². The summed E-state index contributed by atoms with van der Waals surface area (Å²) in [5, 5.41) is 12.1. The van der Waals surface area contributed by atoms with Crippen LogP contribution in [0, 0.1) is 0 Å². The number of aromatic nitrogens is 2. The van der Waals surface area contributed by atoms with Crippen molar-refractivity contribution in [2.75, 3.05) is 0 Å². The lowest BCUT2D eigenvalue weighted by Gasteiger charge is -2.08. The Labute approximate surface area is 304 Å². The van der Waals surface area contributed by atoms with E-state index in [4.69, 9.17) is 8.83 Å². The van der Waals surface area contributed by atoms with Crippen molar-refractivity contribution in [3.8, 4) is 11.4 Å². The maximum Gasteiger partial charge on any atom is 0.159 e. The fraction of sp³-hybridized carbons (Fsp3) is 0. The molecular formula is C48H26N2O2S. The smallest absolute Gasteiger partial charge is 0.159 e. The Hall–Kier alpha value is -6.82. The zero-order valence-electron chi connectivity index (χ0n) is 28.1. The van der Waals surface area contributed by atoms with Crippen LogP contribution in [0.15, 0.2) is 167 Å². The van der Waals surface area contributed by atoms with E-state index in [9.17, 15) is 0 Å². The third-order valence-corrected chi connectivity index (χ3v) is 12.6. The van der Waals surface area contributed by atoms with Gasteiger partial charge in [-0.2, -0.15) is 0 Å². The molecule has 0 amide bonds. The van der Waals surface area contributed by atoms with E-state index >= 15 is 0 Å². The Kier molecular flexibility index (Phi) is 5.22. The number of thiophene rings is 1. The fourth-order valence-corrected chi connectivity index (χ4v) is 10.5. The van der Waals surface area contributed by atoms with E-state index < -0.39 is 0 Å². The van der Waals surface area contributed by atoms with E-state index in [1.165, 1.54) is 63.8 Å². The number of rotatable bonds is 2. The summed E-state index contributed by atoms with van der Waals surface area (Å²) in [5.74, 6) is 0. The number of fused-ring (bicyclic) bond motifs is 17. The Balaban J connectivity index is 1.14. The molecule has 0 aliphatic rings. The number of hydrogen-bond donors (Lipinski definition) is 0. The lowest BCUT2D eigenvalue weighted by Crippen LogP contribution is -1.94. The van der Waals surface area contributed by atoms with Crippen LogP contribution >= 0.6 is 11.3 Å². The molecule has 13 rings (SSSR count). The first-order valence-electron chi connectivity index (χ1n) is 17.9. The highest BCUT2D eigenvalue weighted by Gasteiger charge is 2.23. The molecule has 0 radical (unpaired) electrons. The number of nitrogens with zero attached hydrogens (tertiary/aromatic N) is 2. The first-order valence-corrected chi connectivity index (χ1v) is 18.8. The van der Waals surface area contributed by atoms with E-state index in [1.54, 1.807) is 0 Å². The normalized spacial score (nSPS) is 12.5. The minimum Gasteiger partial charge on any atom is -0.454 e. The molecule has 5 heteroatoms. The van der Waals surface area contributed by atoms with Gasteiger partial charge in [-0.15, -0.1) is 11.3 Å². The second-order valence-electron chi connectivity index (χ2n) is 14.0. The van der Waals surface area contributed by atoms with Crippen molar-refractivity contribution in [2.45, 2.75) is 0 Å². The molecule has 0 fully saturated rings. The van der Waals surface area contributed by atoms with Crippen LogP contribution in [0.2, 0.25) is 0 Å². The van der Waals surface area contributed by atoms with Crippen LogP contribution in [0.1, 0.15) is 0 Å². The van der Waals surface area contributed by atoms with Gasteiger partial charge in [-0.1, -0.05) is 109 Å². The number of hydrogen-bond acceptors (Lipinski definition) is 3. The highest BCUT2D eigenvalue weighted by atomic mass is 32.1. The maximum atomic E-state index is 6.59. The summed E-state index contributed by atoms with van der Waals surface area (Å²) in [6.45, 7) is 0. The van der Waals surface area contributed by atoms with Crippen molar-refractivity contribution in [1.29, 1.82) is 0 Å². The maximum absolute atomic E-state index is 6.59. The molecular weight excluding hydrogens is 669 g/mol. The average molecular weight is 695 g/mol. The lowest BCUT2D eigenvalue weighted by atomic mass is 10.1. The highest BCUT2D eigenvalue weighted by Crippen LogP contribution is 2.48. The first kappa shape index (κ1) is 27.8. The van der Waals surface area contributed by atoms with Crippen LogP contribution < -0.4 is 0 Å². The Morgan fingerprint density at radius 1 is 0.321 bits per heavy atom. The Morgan fingerprint density at radius 3 is 1.23 bits per heavy atom. The second-order valence-corrected chi connectivity index (χ2v) is 15.0. The van der Waals surface area contributed by atoms with Crippen LogP contribution in [-0.2, 0) is 0 Å². The van der Waals surface area contributed by atoms with Gasteiger partial charge in [0.25, 0.3) is 0 Å². The van der Waals surface area contributed by atoms with Crippen molar-refractivity contribution in [1.82, 2.24) is 9.13 Å². The standard InChI is InChI=1S/C48H26N2O2S/c1-5-17-35-33(13-1)43-37(49(35)39-19-9-15-29-27-11-3-7-21-41(27)51-45(29)39)25-23-31-32-24-26-38-44(48(32)53-47(31)43)34-14-2-6-18-36(34)50(38)40-20-10-16-30-28-12-4-8-22-42(28)52-46(30)40/h1-26H. The molecule has 0 bridgehead atoms. The molecule has 0 aliphatic heterocycles. The summed E-state index contributed by atoms with van der Waals surface area (Å²) in [4.78, 5) is 0. The van der Waals surface area contributed by atoms with Gasteiger partial charge in [-0.25, -0.2) is 0 Å². The molecule has 0 atom stereocenters. The van der Waals surface area contributed by atoms with E-state index in [2.05, 4.69) is 155 Å². The van der Waals surface area contributed by atoms with Crippen LogP contribution in [0.5, 0.6) is 0 Å². The van der Waals surface area contributed by atoms with Gasteiger partial charge in [-0.3, -0.25) is 0 Å². The molecule has 5 aromatic heterocycles. The SMILES string of the molecule is c1ccc2c(c1)oc1c(-n3c4ccccc4c4c5sc6c(ccc7c6c6ccccc6n7-c6cccc7c6oc6ccccc67)c5ccc43)cccc12. The molecule has 0 N–H and O–H groups in total. The summed E-state index contributed by atoms with van der Waals surface area (Å²) in [6.07, 6.45) is 0. The number of furan rings is 2. The van der Waals surface area contributed by atoms with Gasteiger partial charge in [0.15, 0.2) is 11.2 Å². The zero-order chi connectivity index (χ0) is 34.4. The van der Waals surface area contributed by atoms with Crippen LogP contribution in [0.25, 0.3) is 119 Å². The molecule has 5 heterocycles. The monoisotopic (exact) mass is 694 g/mol. The molecule has 246 valence electrons. The largest absolute Gasteiger partial charge is 0.454 e. The number of benzene rings is 8. The molecule has 8 aromatic carbocycles. The second kappa shape index (κ2) is 9.94. The molecule has 0 spiro atoms. The Morgan fingerprint density at radius 2 is 0.736 bits per heavy atom. The summed E-state index contributed by atoms with van der Waals surface area (Å²) in [6, 6.07) is 56.5. The fourth-order valence-electron chi connectivity index (χ4n) is 9.13. The van der Waals surface area contributed by atoms with E-state index in [-0.39, 0.29) is 0 Å². The predicted molar refractivity (Wildman–Crippen MR) is 223 cm³/mol. The van der Waals surface area contributed by atoms with Gasteiger partial charge >= 0.3 is 0 Å². The van der Waals surface area contributed by atoms with Crippen molar-refractivity contribution in [3.05, 3.63) is 158 Å². The minimum absolute atomic E-state index is 0.904. The molecule has 53 heavy (non-hydrogen) atoms. The topological polar surface area (TPSA) is 36.1 Å². The summed E-state index contributed by atoms with van der Waals surface area (Å²) in [5.41, 5.74) is 10.4. The summed E-state index contributed by atoms with van der Waals surface area (Å²) >= 11 is 1.91. The summed E-state index contributed by atoms with van der Waals surface area (Å²) in [7, 11) is 0. The van der Waals surface area contributed by atoms with E-state index in [0.717, 1.165) is 55.3 Å². The van der Waals surface area contributed by atoms with Gasteiger partial charge in [0, 0.05) is 63.3 Å². The molecule has 0 saturated carbocycles.